The zero-order valence-electron chi connectivity index (χ0n) is 10.5. The predicted molar refractivity (Wildman–Crippen MR) is 66.2 cm³/mol. The fourth-order valence-corrected chi connectivity index (χ4v) is 2.11. The first-order valence-corrected chi connectivity index (χ1v) is 6.24. The van der Waals surface area contributed by atoms with Crippen LogP contribution < -0.4 is 0 Å². The van der Waals surface area contributed by atoms with Crippen LogP contribution in [-0.4, -0.2) is 30.9 Å². The van der Waals surface area contributed by atoms with E-state index in [1.165, 1.54) is 5.56 Å². The summed E-state index contributed by atoms with van der Waals surface area (Å²) < 4.78 is 10.1. The van der Waals surface area contributed by atoms with Gasteiger partial charge in [-0.15, -0.1) is 0 Å². The van der Waals surface area contributed by atoms with Crippen LogP contribution in [0.2, 0.25) is 0 Å². The Bertz CT molecular complexity index is 393. The Morgan fingerprint density at radius 1 is 1.50 bits per heavy atom. The van der Waals surface area contributed by atoms with Gasteiger partial charge >= 0.3 is 5.97 Å². The number of benzene rings is 1. The lowest BCUT2D eigenvalue weighted by Gasteiger charge is -2.12. The number of rotatable bonds is 4. The number of aliphatic hydroxyl groups excluding tert-OH is 1. The molecule has 0 aliphatic carbocycles. The van der Waals surface area contributed by atoms with Crippen molar-refractivity contribution in [3.8, 4) is 0 Å². The molecule has 1 aromatic rings. The van der Waals surface area contributed by atoms with E-state index in [0.29, 0.717) is 11.5 Å². The van der Waals surface area contributed by atoms with E-state index in [2.05, 4.69) is 0 Å². The number of hydrogen-bond acceptors (Lipinski definition) is 4. The Morgan fingerprint density at radius 2 is 2.22 bits per heavy atom. The normalized spacial score (nSPS) is 20.7. The van der Waals surface area contributed by atoms with Crippen molar-refractivity contribution in [3.05, 3.63) is 35.4 Å². The Morgan fingerprint density at radius 3 is 2.78 bits per heavy atom. The largest absolute Gasteiger partial charge is 0.464 e. The molecule has 1 aliphatic heterocycles. The zero-order valence-corrected chi connectivity index (χ0v) is 10.5. The molecule has 1 aromatic carbocycles. The van der Waals surface area contributed by atoms with Crippen molar-refractivity contribution < 1.29 is 19.4 Å². The van der Waals surface area contributed by atoms with Crippen molar-refractivity contribution >= 4 is 5.97 Å². The van der Waals surface area contributed by atoms with E-state index in [9.17, 15) is 9.90 Å². The van der Waals surface area contributed by atoms with Crippen LogP contribution in [0.15, 0.2) is 24.3 Å². The highest BCUT2D eigenvalue weighted by Crippen LogP contribution is 2.26. The van der Waals surface area contributed by atoms with Gasteiger partial charge in [0.25, 0.3) is 0 Å². The molecule has 0 bridgehead atoms. The molecule has 0 spiro atoms. The summed E-state index contributed by atoms with van der Waals surface area (Å²) in [5.74, 6) is -0.173. The van der Waals surface area contributed by atoms with Gasteiger partial charge in [0.1, 0.15) is 0 Å². The summed E-state index contributed by atoms with van der Waals surface area (Å²) >= 11 is 0. The van der Waals surface area contributed by atoms with Crippen molar-refractivity contribution in [1.29, 1.82) is 0 Å². The maximum atomic E-state index is 11.4. The van der Waals surface area contributed by atoms with Crippen LogP contribution in [0.25, 0.3) is 0 Å². The highest BCUT2D eigenvalue weighted by Gasteiger charge is 2.20. The second kappa shape index (κ2) is 5.98. The fourth-order valence-electron chi connectivity index (χ4n) is 2.11. The molecule has 4 nitrogen and oxygen atoms in total. The van der Waals surface area contributed by atoms with Crippen molar-refractivity contribution in [2.45, 2.75) is 25.4 Å². The summed E-state index contributed by atoms with van der Waals surface area (Å²) in [5, 5.41) is 9.78. The summed E-state index contributed by atoms with van der Waals surface area (Å²) in [6.07, 6.45) is -0.168. The highest BCUT2D eigenvalue weighted by atomic mass is 16.5. The summed E-state index contributed by atoms with van der Waals surface area (Å²) in [6, 6.07) is 7.43. The van der Waals surface area contributed by atoms with E-state index in [0.717, 1.165) is 19.6 Å². The highest BCUT2D eigenvalue weighted by molar-refractivity contribution is 5.76. The Kier molecular flexibility index (Phi) is 4.33. The van der Waals surface area contributed by atoms with E-state index in [1.54, 1.807) is 19.1 Å². The van der Waals surface area contributed by atoms with Crippen LogP contribution in [0.1, 0.15) is 36.5 Å². The monoisotopic (exact) mass is 250 g/mol. The van der Waals surface area contributed by atoms with Crippen LogP contribution in [0.4, 0.5) is 0 Å². The molecule has 1 saturated heterocycles. The van der Waals surface area contributed by atoms with Crippen LogP contribution in [0.3, 0.4) is 0 Å². The molecule has 0 saturated carbocycles. The second-order valence-corrected chi connectivity index (χ2v) is 4.38. The smallest absolute Gasteiger partial charge is 0.339 e. The zero-order chi connectivity index (χ0) is 13.0. The molecule has 2 rings (SSSR count). The number of ether oxygens (including phenoxy) is 2. The lowest BCUT2D eigenvalue weighted by Crippen LogP contribution is -2.15. The van der Waals surface area contributed by atoms with Gasteiger partial charge in [0, 0.05) is 12.5 Å². The predicted octanol–water partition coefficient (Wildman–Crippen LogP) is 1.79. The van der Waals surface area contributed by atoms with E-state index >= 15 is 0 Å². The third-order valence-electron chi connectivity index (χ3n) is 3.16. The Labute approximate surface area is 107 Å². The van der Waals surface area contributed by atoms with Gasteiger partial charge < -0.3 is 14.6 Å². The van der Waals surface area contributed by atoms with Crippen molar-refractivity contribution in [3.63, 3.8) is 0 Å². The summed E-state index contributed by atoms with van der Waals surface area (Å²) in [6.45, 7) is 3.54. The summed E-state index contributed by atoms with van der Waals surface area (Å²) in [5.41, 5.74) is 1.75. The summed E-state index contributed by atoms with van der Waals surface area (Å²) in [4.78, 5) is 11.4. The molecule has 0 radical (unpaired) electrons. The molecular formula is C14H18O4. The van der Waals surface area contributed by atoms with E-state index in [1.807, 2.05) is 12.1 Å². The minimum atomic E-state index is -1.20. The molecule has 1 heterocycles. The molecule has 4 heteroatoms. The quantitative estimate of drug-likeness (QED) is 0.828. The van der Waals surface area contributed by atoms with Crippen LogP contribution >= 0.6 is 0 Å². The minimum absolute atomic E-state index is 0.271. The van der Waals surface area contributed by atoms with E-state index in [4.69, 9.17) is 9.47 Å². The number of carbonyl (C=O) groups is 1. The van der Waals surface area contributed by atoms with Crippen LogP contribution in [-0.2, 0) is 14.3 Å². The third kappa shape index (κ3) is 2.89. The van der Waals surface area contributed by atoms with Gasteiger partial charge in [-0.25, -0.2) is 4.79 Å². The van der Waals surface area contributed by atoms with Crippen LogP contribution in [0.5, 0.6) is 0 Å². The maximum Gasteiger partial charge on any atom is 0.339 e. The molecular weight excluding hydrogens is 232 g/mol. The first-order chi connectivity index (χ1) is 8.72. The Balaban J connectivity index is 2.04. The standard InChI is InChI=1S/C14H18O4/c1-2-18-14(16)13(15)11-5-3-10(4-6-11)12-7-8-17-9-12/h3-6,12-13,15H,2,7-9H2,1H3. The molecule has 1 aliphatic rings. The Hall–Kier alpha value is -1.39. The van der Waals surface area contributed by atoms with Gasteiger partial charge in [-0.05, 0) is 24.5 Å². The molecule has 0 aromatic heterocycles. The molecule has 1 N–H and O–H groups in total. The molecule has 0 amide bonds. The lowest BCUT2D eigenvalue weighted by molar-refractivity contribution is -0.153. The fraction of sp³-hybridized carbons (Fsp3) is 0.500. The van der Waals surface area contributed by atoms with Crippen molar-refractivity contribution in [2.75, 3.05) is 19.8 Å². The van der Waals surface area contributed by atoms with Gasteiger partial charge in [0.2, 0.25) is 0 Å². The van der Waals surface area contributed by atoms with Gasteiger partial charge in [-0.3, -0.25) is 0 Å². The van der Waals surface area contributed by atoms with Gasteiger partial charge in [0.05, 0.1) is 13.2 Å². The molecule has 98 valence electrons. The average molecular weight is 250 g/mol. The molecule has 18 heavy (non-hydrogen) atoms. The van der Waals surface area contributed by atoms with Gasteiger partial charge in [0.15, 0.2) is 6.10 Å². The first kappa shape index (κ1) is 13.1. The number of hydrogen-bond donors (Lipinski definition) is 1. The van der Waals surface area contributed by atoms with Gasteiger partial charge in [-0.1, -0.05) is 24.3 Å². The van der Waals surface area contributed by atoms with Crippen molar-refractivity contribution in [1.82, 2.24) is 0 Å². The summed E-state index contributed by atoms with van der Waals surface area (Å²) in [7, 11) is 0. The third-order valence-corrected chi connectivity index (χ3v) is 3.16. The first-order valence-electron chi connectivity index (χ1n) is 6.24. The van der Waals surface area contributed by atoms with E-state index in [-0.39, 0.29) is 6.61 Å². The van der Waals surface area contributed by atoms with Crippen molar-refractivity contribution in [2.24, 2.45) is 0 Å². The molecule has 2 atom stereocenters. The second-order valence-electron chi connectivity index (χ2n) is 4.38. The maximum absolute atomic E-state index is 11.4. The lowest BCUT2D eigenvalue weighted by atomic mass is 9.96. The molecule has 2 unspecified atom stereocenters. The minimum Gasteiger partial charge on any atom is -0.464 e. The van der Waals surface area contributed by atoms with Crippen LogP contribution in [0, 0.1) is 0 Å². The number of carbonyl (C=O) groups excluding carboxylic acids is 1. The number of aliphatic hydroxyl groups is 1. The van der Waals surface area contributed by atoms with Gasteiger partial charge in [-0.2, -0.15) is 0 Å². The SMILES string of the molecule is CCOC(=O)C(O)c1ccc(C2CCOC2)cc1. The molecule has 1 fully saturated rings. The van der Waals surface area contributed by atoms with E-state index < -0.39 is 12.1 Å². The number of esters is 1. The topological polar surface area (TPSA) is 55.8 Å². The average Bonchev–Trinajstić information content (AvgIpc) is 2.92.